The largest absolute Gasteiger partial charge is 0.466 e. The molecule has 0 unspecified atom stereocenters. The first kappa shape index (κ1) is 17.9. The van der Waals surface area contributed by atoms with Gasteiger partial charge in [0, 0.05) is 13.0 Å². The van der Waals surface area contributed by atoms with Crippen LogP contribution in [0, 0.1) is 0 Å². The minimum atomic E-state index is -0.106. The van der Waals surface area contributed by atoms with Crippen LogP contribution in [0.15, 0.2) is 6.33 Å². The quantitative estimate of drug-likeness (QED) is 0.293. The molecule has 2 heterocycles. The van der Waals surface area contributed by atoms with Crippen LogP contribution in [0.25, 0.3) is 11.2 Å². The molecule has 0 bridgehead atoms. The Morgan fingerprint density at radius 1 is 1.17 bits per heavy atom. The molecular formula is C15H20Cl2N4O2. The summed E-state index contributed by atoms with van der Waals surface area (Å²) in [6.45, 7) is 3.08. The van der Waals surface area contributed by atoms with E-state index in [9.17, 15) is 4.79 Å². The molecule has 0 fully saturated rings. The van der Waals surface area contributed by atoms with Gasteiger partial charge in [-0.1, -0.05) is 30.9 Å². The molecule has 0 saturated heterocycles. The van der Waals surface area contributed by atoms with Crippen molar-refractivity contribution in [1.82, 2.24) is 19.5 Å². The topological polar surface area (TPSA) is 69.9 Å². The second-order valence-electron chi connectivity index (χ2n) is 5.22. The number of halogens is 2. The molecule has 23 heavy (non-hydrogen) atoms. The molecular weight excluding hydrogens is 339 g/mol. The molecule has 2 aromatic rings. The maximum absolute atomic E-state index is 11.2. The summed E-state index contributed by atoms with van der Waals surface area (Å²) in [5.74, 6) is -0.106. The van der Waals surface area contributed by atoms with Crippen molar-refractivity contribution >= 4 is 40.3 Å². The highest BCUT2D eigenvalue weighted by Crippen LogP contribution is 2.21. The van der Waals surface area contributed by atoms with E-state index in [1.807, 2.05) is 11.5 Å². The van der Waals surface area contributed by atoms with Gasteiger partial charge in [0.05, 0.1) is 12.9 Å². The zero-order chi connectivity index (χ0) is 16.7. The number of unbranched alkanes of at least 4 members (excludes halogenated alkanes) is 4. The normalized spacial score (nSPS) is 11.1. The maximum atomic E-state index is 11.2. The molecule has 126 valence electrons. The molecule has 0 radical (unpaired) electrons. The first-order valence-corrected chi connectivity index (χ1v) is 8.57. The van der Waals surface area contributed by atoms with E-state index in [1.165, 1.54) is 0 Å². The van der Waals surface area contributed by atoms with E-state index in [2.05, 4.69) is 15.0 Å². The van der Waals surface area contributed by atoms with Crippen molar-refractivity contribution in [2.45, 2.75) is 52.0 Å². The summed E-state index contributed by atoms with van der Waals surface area (Å²) in [6, 6.07) is 0. The van der Waals surface area contributed by atoms with Gasteiger partial charge in [-0.2, -0.15) is 4.98 Å². The Morgan fingerprint density at radius 2 is 1.91 bits per heavy atom. The molecule has 0 spiro atoms. The van der Waals surface area contributed by atoms with Crippen LogP contribution >= 0.6 is 23.2 Å². The second-order valence-corrected chi connectivity index (χ2v) is 5.91. The second kappa shape index (κ2) is 9.03. The molecule has 2 rings (SSSR count). The molecule has 2 aromatic heterocycles. The SMILES string of the molecule is CCOC(=O)CCCCCCCn1cnc2nc(Cl)nc(Cl)c21. The highest BCUT2D eigenvalue weighted by Gasteiger charge is 2.11. The summed E-state index contributed by atoms with van der Waals surface area (Å²) < 4.78 is 6.85. The van der Waals surface area contributed by atoms with Crippen molar-refractivity contribution in [3.8, 4) is 0 Å². The van der Waals surface area contributed by atoms with Gasteiger partial charge in [-0.05, 0) is 31.4 Å². The number of ether oxygens (including phenoxy) is 1. The number of imidazole rings is 1. The van der Waals surface area contributed by atoms with E-state index in [1.54, 1.807) is 6.33 Å². The average molecular weight is 359 g/mol. The molecule has 0 aliphatic heterocycles. The summed E-state index contributed by atoms with van der Waals surface area (Å²) in [5.41, 5.74) is 1.24. The van der Waals surface area contributed by atoms with E-state index in [4.69, 9.17) is 27.9 Å². The van der Waals surface area contributed by atoms with Crippen molar-refractivity contribution in [2.75, 3.05) is 6.61 Å². The number of nitrogens with zero attached hydrogens (tertiary/aromatic N) is 4. The first-order chi connectivity index (χ1) is 11.1. The smallest absolute Gasteiger partial charge is 0.305 e. The number of carbonyl (C=O) groups excluding carboxylic acids is 1. The zero-order valence-corrected chi connectivity index (χ0v) is 14.6. The number of carbonyl (C=O) groups is 1. The molecule has 0 aliphatic rings. The predicted molar refractivity (Wildman–Crippen MR) is 89.7 cm³/mol. The number of aryl methyl sites for hydroxylation is 1. The van der Waals surface area contributed by atoms with Crippen LogP contribution in [0.4, 0.5) is 0 Å². The number of hydrogen-bond acceptors (Lipinski definition) is 5. The van der Waals surface area contributed by atoms with Crippen LogP contribution in [0.2, 0.25) is 10.4 Å². The summed E-state index contributed by atoms with van der Waals surface area (Å²) in [7, 11) is 0. The minimum absolute atomic E-state index is 0.106. The Balaban J connectivity index is 1.70. The summed E-state index contributed by atoms with van der Waals surface area (Å²) >= 11 is 11.9. The monoisotopic (exact) mass is 358 g/mol. The fraction of sp³-hybridized carbons (Fsp3) is 0.600. The lowest BCUT2D eigenvalue weighted by molar-refractivity contribution is -0.143. The number of fused-ring (bicyclic) bond motifs is 1. The zero-order valence-electron chi connectivity index (χ0n) is 13.1. The van der Waals surface area contributed by atoms with Crippen molar-refractivity contribution in [3.05, 3.63) is 16.8 Å². The predicted octanol–water partition coefficient (Wildman–Crippen LogP) is 4.04. The van der Waals surface area contributed by atoms with Crippen LogP contribution in [0.3, 0.4) is 0 Å². The van der Waals surface area contributed by atoms with E-state index in [-0.39, 0.29) is 11.3 Å². The van der Waals surface area contributed by atoms with Crippen molar-refractivity contribution in [2.24, 2.45) is 0 Å². The van der Waals surface area contributed by atoms with Crippen LogP contribution in [-0.2, 0) is 16.1 Å². The highest BCUT2D eigenvalue weighted by atomic mass is 35.5. The number of esters is 1. The van der Waals surface area contributed by atoms with E-state index in [0.29, 0.717) is 23.8 Å². The lowest BCUT2D eigenvalue weighted by atomic mass is 10.1. The van der Waals surface area contributed by atoms with E-state index in [0.717, 1.165) is 44.2 Å². The number of rotatable bonds is 9. The molecule has 8 heteroatoms. The van der Waals surface area contributed by atoms with E-state index < -0.39 is 0 Å². The van der Waals surface area contributed by atoms with Gasteiger partial charge in [-0.15, -0.1) is 0 Å². The summed E-state index contributed by atoms with van der Waals surface area (Å²) in [4.78, 5) is 23.4. The van der Waals surface area contributed by atoms with Gasteiger partial charge in [-0.25, -0.2) is 9.97 Å². The number of aromatic nitrogens is 4. The lowest BCUT2D eigenvalue weighted by Gasteiger charge is -2.05. The molecule has 0 N–H and O–H groups in total. The molecule has 0 aromatic carbocycles. The highest BCUT2D eigenvalue weighted by molar-refractivity contribution is 6.35. The Hall–Kier alpha value is -1.40. The average Bonchev–Trinajstić information content (AvgIpc) is 2.89. The summed E-state index contributed by atoms with van der Waals surface area (Å²) in [6.07, 6.45) is 7.30. The van der Waals surface area contributed by atoms with Crippen LogP contribution in [0.5, 0.6) is 0 Å². The molecule has 0 saturated carbocycles. The van der Waals surface area contributed by atoms with Crippen molar-refractivity contribution in [3.63, 3.8) is 0 Å². The standard InChI is InChI=1S/C15H20Cl2N4O2/c1-2-23-11(22)8-6-4-3-5-7-9-21-10-18-14-12(21)13(16)19-15(17)20-14/h10H,2-9H2,1H3. The van der Waals surface area contributed by atoms with Crippen LogP contribution in [0.1, 0.15) is 45.4 Å². The third-order valence-electron chi connectivity index (χ3n) is 3.49. The Bertz CT molecular complexity index is 660. The third kappa shape index (κ3) is 5.32. The maximum Gasteiger partial charge on any atom is 0.305 e. The molecule has 0 atom stereocenters. The Kier molecular flexibility index (Phi) is 7.05. The van der Waals surface area contributed by atoms with Crippen LogP contribution in [-0.4, -0.2) is 32.1 Å². The molecule has 0 amide bonds. The van der Waals surface area contributed by atoms with Gasteiger partial charge >= 0.3 is 5.97 Å². The Labute approximate surface area is 145 Å². The van der Waals surface area contributed by atoms with Crippen molar-refractivity contribution < 1.29 is 9.53 Å². The van der Waals surface area contributed by atoms with Gasteiger partial charge in [0.15, 0.2) is 10.8 Å². The fourth-order valence-corrected chi connectivity index (χ4v) is 2.88. The van der Waals surface area contributed by atoms with E-state index >= 15 is 0 Å². The van der Waals surface area contributed by atoms with Crippen molar-refractivity contribution in [1.29, 1.82) is 0 Å². The Morgan fingerprint density at radius 3 is 2.70 bits per heavy atom. The van der Waals surface area contributed by atoms with Gasteiger partial charge in [-0.3, -0.25) is 4.79 Å². The summed E-state index contributed by atoms with van der Waals surface area (Å²) in [5, 5.41) is 0.432. The molecule has 0 aliphatic carbocycles. The minimum Gasteiger partial charge on any atom is -0.466 e. The fourth-order valence-electron chi connectivity index (χ4n) is 2.40. The van der Waals surface area contributed by atoms with Gasteiger partial charge in [0.25, 0.3) is 0 Å². The third-order valence-corrected chi connectivity index (χ3v) is 3.92. The lowest BCUT2D eigenvalue weighted by Crippen LogP contribution is -2.03. The van der Waals surface area contributed by atoms with Gasteiger partial charge in [0.2, 0.25) is 5.28 Å². The van der Waals surface area contributed by atoms with Crippen LogP contribution < -0.4 is 0 Å². The van der Waals surface area contributed by atoms with Gasteiger partial charge in [0.1, 0.15) is 5.52 Å². The van der Waals surface area contributed by atoms with Gasteiger partial charge < -0.3 is 9.30 Å². The first-order valence-electron chi connectivity index (χ1n) is 7.81. The number of hydrogen-bond donors (Lipinski definition) is 0. The molecule has 6 nitrogen and oxygen atoms in total.